The summed E-state index contributed by atoms with van der Waals surface area (Å²) in [7, 11) is 0. The maximum absolute atomic E-state index is 12.7. The molecule has 26 heavy (non-hydrogen) atoms. The molecule has 4 N–H and O–H groups in total. The second kappa shape index (κ2) is 7.36. The van der Waals surface area contributed by atoms with Crippen LogP contribution in [-0.4, -0.2) is 28.9 Å². The molecule has 0 saturated heterocycles. The number of rotatable bonds is 3. The molecule has 1 aromatic carbocycles. The Hall–Kier alpha value is -2.55. The zero-order valence-electron chi connectivity index (χ0n) is 13.5. The monoisotopic (exact) mass is 429 g/mol. The molecule has 1 aliphatic rings. The van der Waals surface area contributed by atoms with Crippen LogP contribution in [0.5, 0.6) is 0 Å². The van der Waals surface area contributed by atoms with Crippen molar-refractivity contribution < 1.29 is 22.8 Å². The van der Waals surface area contributed by atoms with Crippen molar-refractivity contribution in [3.8, 4) is 0 Å². The van der Waals surface area contributed by atoms with Gasteiger partial charge in [0.05, 0.1) is 6.04 Å². The van der Waals surface area contributed by atoms with Gasteiger partial charge in [-0.3, -0.25) is 9.59 Å². The van der Waals surface area contributed by atoms with Gasteiger partial charge in [0.15, 0.2) is 0 Å². The topological polar surface area (TPSA) is 89.4 Å². The average Bonchev–Trinajstić information content (AvgIpc) is 2.59. The first-order valence-electron chi connectivity index (χ1n) is 7.37. The van der Waals surface area contributed by atoms with Crippen LogP contribution in [0.3, 0.4) is 0 Å². The molecule has 1 aromatic rings. The van der Waals surface area contributed by atoms with E-state index in [-0.39, 0.29) is 0 Å². The number of nitrogens with zero attached hydrogens (tertiary/aromatic N) is 1. The summed E-state index contributed by atoms with van der Waals surface area (Å²) in [4.78, 5) is 24.7. The van der Waals surface area contributed by atoms with Crippen LogP contribution in [0.15, 0.2) is 52.8 Å². The summed E-state index contributed by atoms with van der Waals surface area (Å²) in [5.41, 5.74) is 10.4. The minimum absolute atomic E-state index is 0.324. The lowest BCUT2D eigenvalue weighted by atomic mass is 9.95. The summed E-state index contributed by atoms with van der Waals surface area (Å²) in [6.07, 6.45) is -0.169. The molecule has 0 saturated carbocycles. The molecule has 1 atom stereocenters. The number of hydrogen-bond acceptors (Lipinski definition) is 3. The molecule has 5 nitrogen and oxygen atoms in total. The van der Waals surface area contributed by atoms with Crippen LogP contribution in [0.1, 0.15) is 22.8 Å². The van der Waals surface area contributed by atoms with Gasteiger partial charge in [-0.1, -0.05) is 18.2 Å². The van der Waals surface area contributed by atoms with Gasteiger partial charge in [0, 0.05) is 11.8 Å². The van der Waals surface area contributed by atoms with E-state index in [1.807, 2.05) is 0 Å². The molecule has 9 heteroatoms. The van der Waals surface area contributed by atoms with Gasteiger partial charge in [0.25, 0.3) is 5.91 Å². The molecule has 1 aliphatic heterocycles. The molecule has 0 bridgehead atoms. The Balaban J connectivity index is 2.31. The number of primary amides is 1. The first-order chi connectivity index (χ1) is 12.0. The summed E-state index contributed by atoms with van der Waals surface area (Å²) in [5, 5.41) is 0. The zero-order valence-corrected chi connectivity index (χ0v) is 15.1. The lowest BCUT2D eigenvalue weighted by Crippen LogP contribution is -2.38. The Bertz CT molecular complexity index is 827. The average molecular weight is 430 g/mol. The quantitative estimate of drug-likeness (QED) is 0.723. The summed E-state index contributed by atoms with van der Waals surface area (Å²) in [6.45, 7) is 1.67. The Kier molecular flexibility index (Phi) is 5.60. The molecule has 0 aliphatic carbocycles. The van der Waals surface area contributed by atoms with Crippen molar-refractivity contribution >= 4 is 33.3 Å². The summed E-state index contributed by atoms with van der Waals surface area (Å²) in [5.74, 6) is -1.49. The maximum Gasteiger partial charge on any atom is 0.432 e. The summed E-state index contributed by atoms with van der Waals surface area (Å²) < 4.78 is 37.4. The molecule has 138 valence electrons. The van der Waals surface area contributed by atoms with Crippen molar-refractivity contribution in [2.75, 3.05) is 0 Å². The van der Waals surface area contributed by atoms with Gasteiger partial charge in [-0.05, 0) is 52.2 Å². The summed E-state index contributed by atoms with van der Waals surface area (Å²) >= 11 is 2.65. The van der Waals surface area contributed by atoms with E-state index in [9.17, 15) is 22.8 Å². The highest BCUT2D eigenvalue weighted by atomic mass is 79.9. The van der Waals surface area contributed by atoms with E-state index in [0.29, 0.717) is 16.7 Å². The van der Waals surface area contributed by atoms with Crippen LogP contribution < -0.4 is 11.5 Å². The van der Waals surface area contributed by atoms with Crippen LogP contribution >= 0.6 is 15.9 Å². The van der Waals surface area contributed by atoms with E-state index in [1.54, 1.807) is 31.2 Å². The van der Waals surface area contributed by atoms with E-state index >= 15 is 0 Å². The molecule has 0 radical (unpaired) electrons. The number of carbonyl (C=O) groups is 2. The van der Waals surface area contributed by atoms with Gasteiger partial charge in [-0.2, -0.15) is 13.2 Å². The number of benzene rings is 1. The Labute approximate surface area is 155 Å². The third-order valence-corrected chi connectivity index (χ3v) is 4.62. The predicted octanol–water partition coefficient (Wildman–Crippen LogP) is 3.04. The van der Waals surface area contributed by atoms with Gasteiger partial charge in [0.2, 0.25) is 5.91 Å². The Morgan fingerprint density at radius 1 is 1.15 bits per heavy atom. The number of halogens is 4. The van der Waals surface area contributed by atoms with Crippen LogP contribution in [-0.2, 0) is 4.79 Å². The third kappa shape index (κ3) is 3.98. The van der Waals surface area contributed by atoms with Crippen molar-refractivity contribution in [1.29, 1.82) is 0 Å². The second-order valence-electron chi connectivity index (χ2n) is 5.52. The molecule has 2 amide bonds. The highest BCUT2D eigenvalue weighted by Gasteiger charge is 2.37. The number of allylic oxidation sites excluding steroid dienone is 3. The Morgan fingerprint density at radius 2 is 1.73 bits per heavy atom. The number of nitrogens with two attached hydrogens (primary N) is 2. The fourth-order valence-corrected chi connectivity index (χ4v) is 2.85. The van der Waals surface area contributed by atoms with Gasteiger partial charge < -0.3 is 16.4 Å². The predicted molar refractivity (Wildman–Crippen MR) is 94.6 cm³/mol. The zero-order chi connectivity index (χ0) is 19.6. The second-order valence-corrected chi connectivity index (χ2v) is 6.31. The van der Waals surface area contributed by atoms with Crippen molar-refractivity contribution in [3.05, 3.63) is 63.9 Å². The molecule has 2 rings (SSSR count). The highest BCUT2D eigenvalue weighted by Crippen LogP contribution is 2.31. The van der Waals surface area contributed by atoms with Gasteiger partial charge >= 0.3 is 6.18 Å². The molecular weight excluding hydrogens is 415 g/mol. The fourth-order valence-electron chi connectivity index (χ4n) is 2.42. The summed E-state index contributed by atoms with van der Waals surface area (Å²) in [6, 6.07) is 5.82. The third-order valence-electron chi connectivity index (χ3n) is 3.86. The van der Waals surface area contributed by atoms with Crippen molar-refractivity contribution in [3.63, 3.8) is 0 Å². The van der Waals surface area contributed by atoms with E-state index in [1.165, 1.54) is 18.3 Å². The minimum Gasteiger partial charge on any atom is -0.394 e. The maximum atomic E-state index is 12.7. The number of carbonyl (C=O) groups excluding carboxylic acids is 2. The van der Waals surface area contributed by atoms with Crippen LogP contribution in [0.4, 0.5) is 13.2 Å². The van der Waals surface area contributed by atoms with Crippen molar-refractivity contribution in [2.45, 2.75) is 19.1 Å². The first kappa shape index (κ1) is 19.8. The highest BCUT2D eigenvalue weighted by molar-refractivity contribution is 9.12. The van der Waals surface area contributed by atoms with Crippen LogP contribution in [0, 0.1) is 0 Å². The van der Waals surface area contributed by atoms with Crippen LogP contribution in [0.25, 0.3) is 5.57 Å². The molecule has 0 aromatic heterocycles. The normalized spacial score (nSPS) is 18.3. The SMILES string of the molecule is CC1C(c2ccc(C(N)=O)cc2)=CC=CN1C(=O)/C(Br)=C(\N)C(F)(F)F. The van der Waals surface area contributed by atoms with Crippen LogP contribution in [0.2, 0.25) is 0 Å². The largest absolute Gasteiger partial charge is 0.432 e. The number of amides is 2. The fraction of sp³-hybridized carbons (Fsp3) is 0.176. The number of alkyl halides is 3. The van der Waals surface area contributed by atoms with Crippen molar-refractivity contribution in [2.24, 2.45) is 11.5 Å². The van der Waals surface area contributed by atoms with Gasteiger partial charge in [0.1, 0.15) is 10.2 Å². The number of hydrogen-bond donors (Lipinski definition) is 2. The van der Waals surface area contributed by atoms with Gasteiger partial charge in [-0.25, -0.2) is 0 Å². The van der Waals surface area contributed by atoms with E-state index in [4.69, 9.17) is 11.5 Å². The molecule has 0 spiro atoms. The molecular formula is C17H15BrF3N3O2. The smallest absolute Gasteiger partial charge is 0.394 e. The van der Waals surface area contributed by atoms with E-state index < -0.39 is 34.2 Å². The Morgan fingerprint density at radius 3 is 2.23 bits per heavy atom. The van der Waals surface area contributed by atoms with Crippen molar-refractivity contribution in [1.82, 2.24) is 4.90 Å². The minimum atomic E-state index is -4.82. The van der Waals surface area contributed by atoms with E-state index in [0.717, 1.165) is 4.90 Å². The lowest BCUT2D eigenvalue weighted by molar-refractivity contribution is -0.126. The first-order valence-corrected chi connectivity index (χ1v) is 8.17. The van der Waals surface area contributed by atoms with E-state index in [2.05, 4.69) is 15.9 Å². The van der Waals surface area contributed by atoms with Gasteiger partial charge in [-0.15, -0.1) is 0 Å². The molecule has 1 unspecified atom stereocenters. The standard InChI is InChI=1S/C17H15BrF3N3O2/c1-9-12(10-4-6-11(7-5-10)15(23)25)3-2-8-24(9)16(26)13(18)14(22)17(19,20)21/h2-9H,22H2,1H3,(H2,23,25)/b14-13+. The molecule has 1 heterocycles. The lowest BCUT2D eigenvalue weighted by Gasteiger charge is -2.31. The molecule has 0 fully saturated rings.